The zero-order valence-corrected chi connectivity index (χ0v) is 10.0. The molecule has 0 radical (unpaired) electrons. The van der Waals surface area contributed by atoms with Crippen LogP contribution in [0.5, 0.6) is 0 Å². The zero-order chi connectivity index (χ0) is 9.52. The molecule has 1 fully saturated rings. The lowest BCUT2D eigenvalue weighted by atomic mass is 10.2. The van der Waals surface area contributed by atoms with Crippen molar-refractivity contribution in [3.05, 3.63) is 0 Å². The van der Waals surface area contributed by atoms with Gasteiger partial charge in [0.05, 0.1) is 11.2 Å². The van der Waals surface area contributed by atoms with Gasteiger partial charge in [-0.15, -0.1) is 23.5 Å². The fourth-order valence-corrected chi connectivity index (χ4v) is 4.75. The van der Waals surface area contributed by atoms with Crippen molar-refractivity contribution in [2.75, 3.05) is 12.4 Å². The van der Waals surface area contributed by atoms with Gasteiger partial charge in [-0.2, -0.15) is 0 Å². The topological polar surface area (TPSA) is 20.2 Å². The van der Waals surface area contributed by atoms with Crippen molar-refractivity contribution >= 4 is 23.5 Å². The number of unbranched alkanes of at least 4 members (excludes halogenated alkanes) is 3. The minimum atomic E-state index is 0.364. The molecule has 78 valence electrons. The van der Waals surface area contributed by atoms with Crippen LogP contribution < -0.4 is 0 Å². The van der Waals surface area contributed by atoms with Gasteiger partial charge < -0.3 is 5.11 Å². The Hall–Kier alpha value is 0.660. The summed E-state index contributed by atoms with van der Waals surface area (Å²) < 4.78 is 0.772. The third kappa shape index (κ3) is 4.61. The average molecular weight is 220 g/mol. The first kappa shape index (κ1) is 11.7. The van der Waals surface area contributed by atoms with Gasteiger partial charge in [0.25, 0.3) is 0 Å². The Bertz CT molecular complexity index is 130. The third-order valence-electron chi connectivity index (χ3n) is 2.31. The first-order chi connectivity index (χ1) is 6.36. The van der Waals surface area contributed by atoms with Crippen molar-refractivity contribution in [2.45, 2.75) is 48.9 Å². The molecule has 0 spiro atoms. The van der Waals surface area contributed by atoms with Crippen LogP contribution in [0.4, 0.5) is 0 Å². The fourth-order valence-electron chi connectivity index (χ4n) is 1.49. The molecule has 1 nitrogen and oxygen atoms in total. The van der Waals surface area contributed by atoms with Gasteiger partial charge in [0.2, 0.25) is 0 Å². The summed E-state index contributed by atoms with van der Waals surface area (Å²) in [6.45, 7) is 2.62. The Labute approximate surface area is 90.1 Å². The van der Waals surface area contributed by atoms with Gasteiger partial charge in [0.1, 0.15) is 0 Å². The van der Waals surface area contributed by atoms with Gasteiger partial charge in [-0.3, -0.25) is 0 Å². The van der Waals surface area contributed by atoms with Crippen LogP contribution in [0.2, 0.25) is 0 Å². The summed E-state index contributed by atoms with van der Waals surface area (Å²) in [5.41, 5.74) is 0. The lowest BCUT2D eigenvalue weighted by Gasteiger charge is -2.07. The Morgan fingerprint density at radius 2 is 2.15 bits per heavy atom. The van der Waals surface area contributed by atoms with Gasteiger partial charge in [-0.05, 0) is 6.42 Å². The maximum Gasteiger partial charge on any atom is 0.0558 e. The standard InChI is InChI=1S/C10H20OS2/c1-2-3-4-5-6-10-12-8-9(7-11)13-10/h9-11H,2-8H2,1H3/t9-,10+/m0/s1. The van der Waals surface area contributed by atoms with E-state index >= 15 is 0 Å². The predicted octanol–water partition coefficient (Wildman–Crippen LogP) is 3.12. The quantitative estimate of drug-likeness (QED) is 0.695. The van der Waals surface area contributed by atoms with Gasteiger partial charge in [-0.1, -0.05) is 32.6 Å². The van der Waals surface area contributed by atoms with E-state index in [1.807, 2.05) is 23.5 Å². The number of thioether (sulfide) groups is 2. The van der Waals surface area contributed by atoms with E-state index in [-0.39, 0.29) is 0 Å². The van der Waals surface area contributed by atoms with Crippen molar-refractivity contribution < 1.29 is 5.11 Å². The molecule has 0 unspecified atom stereocenters. The maximum absolute atomic E-state index is 8.96. The number of hydrogen-bond donors (Lipinski definition) is 1. The molecule has 0 aromatic heterocycles. The van der Waals surface area contributed by atoms with Crippen LogP contribution in [0.1, 0.15) is 39.0 Å². The van der Waals surface area contributed by atoms with Crippen LogP contribution in [0, 0.1) is 0 Å². The lowest BCUT2D eigenvalue weighted by molar-refractivity contribution is 0.301. The van der Waals surface area contributed by atoms with Gasteiger partial charge >= 0.3 is 0 Å². The fraction of sp³-hybridized carbons (Fsp3) is 1.00. The molecule has 0 amide bonds. The minimum absolute atomic E-state index is 0.364. The molecule has 0 aliphatic carbocycles. The second-order valence-electron chi connectivity index (χ2n) is 3.55. The van der Waals surface area contributed by atoms with Gasteiger partial charge in [-0.25, -0.2) is 0 Å². The van der Waals surface area contributed by atoms with E-state index in [1.165, 1.54) is 32.1 Å². The molecule has 1 rings (SSSR count). The van der Waals surface area contributed by atoms with E-state index in [9.17, 15) is 0 Å². The predicted molar refractivity (Wildman–Crippen MR) is 63.5 cm³/mol. The second-order valence-corrected chi connectivity index (χ2v) is 6.59. The highest BCUT2D eigenvalue weighted by Crippen LogP contribution is 2.40. The first-order valence-electron chi connectivity index (χ1n) is 5.24. The molecule has 1 heterocycles. The van der Waals surface area contributed by atoms with Crippen LogP contribution in [0.25, 0.3) is 0 Å². The highest BCUT2D eigenvalue weighted by molar-refractivity contribution is 8.20. The summed E-state index contributed by atoms with van der Waals surface area (Å²) in [4.78, 5) is 0. The number of rotatable bonds is 6. The molecular weight excluding hydrogens is 200 g/mol. The minimum Gasteiger partial charge on any atom is -0.395 e. The van der Waals surface area contributed by atoms with Crippen LogP contribution in [0.15, 0.2) is 0 Å². The molecule has 2 atom stereocenters. The van der Waals surface area contributed by atoms with Crippen LogP contribution in [-0.4, -0.2) is 27.3 Å². The molecule has 1 N–H and O–H groups in total. The van der Waals surface area contributed by atoms with E-state index in [4.69, 9.17) is 5.11 Å². The Balaban J connectivity index is 1.97. The molecule has 0 aromatic rings. The van der Waals surface area contributed by atoms with Gasteiger partial charge in [0.15, 0.2) is 0 Å². The van der Waals surface area contributed by atoms with Crippen LogP contribution in [0.3, 0.4) is 0 Å². The monoisotopic (exact) mass is 220 g/mol. The summed E-state index contributed by atoms with van der Waals surface area (Å²) in [6, 6.07) is 0. The lowest BCUT2D eigenvalue weighted by Crippen LogP contribution is -2.06. The molecule has 0 aromatic carbocycles. The summed E-state index contributed by atoms with van der Waals surface area (Å²) in [5.74, 6) is 1.15. The van der Waals surface area contributed by atoms with Crippen LogP contribution in [-0.2, 0) is 0 Å². The molecule has 3 heteroatoms. The van der Waals surface area contributed by atoms with E-state index in [0.717, 1.165) is 10.3 Å². The molecule has 1 aliphatic heterocycles. The second kappa shape index (κ2) is 7.02. The zero-order valence-electron chi connectivity index (χ0n) is 8.37. The SMILES string of the molecule is CCCCCC[C@@H]1SC[C@H](CO)S1. The van der Waals surface area contributed by atoms with Crippen molar-refractivity contribution in [1.29, 1.82) is 0 Å². The van der Waals surface area contributed by atoms with E-state index in [2.05, 4.69) is 6.92 Å². The summed E-state index contributed by atoms with van der Waals surface area (Å²) in [5, 5.41) is 9.47. The average Bonchev–Trinajstić information content (AvgIpc) is 2.60. The highest BCUT2D eigenvalue weighted by atomic mass is 32.2. The first-order valence-corrected chi connectivity index (χ1v) is 7.24. The van der Waals surface area contributed by atoms with E-state index in [0.29, 0.717) is 11.9 Å². The maximum atomic E-state index is 8.96. The van der Waals surface area contributed by atoms with Crippen molar-refractivity contribution in [3.8, 4) is 0 Å². The molecular formula is C10H20OS2. The highest BCUT2D eigenvalue weighted by Gasteiger charge is 2.24. The molecule has 1 aliphatic rings. The van der Waals surface area contributed by atoms with Gasteiger partial charge in [0, 0.05) is 11.0 Å². The number of aliphatic hydroxyl groups is 1. The largest absolute Gasteiger partial charge is 0.395 e. The smallest absolute Gasteiger partial charge is 0.0558 e. The number of aliphatic hydroxyl groups excluding tert-OH is 1. The van der Waals surface area contributed by atoms with E-state index < -0.39 is 0 Å². The van der Waals surface area contributed by atoms with E-state index in [1.54, 1.807) is 0 Å². The molecule has 0 saturated carbocycles. The van der Waals surface area contributed by atoms with Crippen molar-refractivity contribution in [2.24, 2.45) is 0 Å². The molecule has 0 bridgehead atoms. The summed E-state index contributed by atoms with van der Waals surface area (Å²) in [6.07, 6.45) is 6.80. The Morgan fingerprint density at radius 3 is 2.77 bits per heavy atom. The Kier molecular flexibility index (Phi) is 6.33. The number of hydrogen-bond acceptors (Lipinski definition) is 3. The third-order valence-corrected chi connectivity index (χ3v) is 5.70. The Morgan fingerprint density at radius 1 is 1.31 bits per heavy atom. The summed E-state index contributed by atoms with van der Waals surface area (Å²) in [7, 11) is 0. The van der Waals surface area contributed by atoms with Crippen molar-refractivity contribution in [1.82, 2.24) is 0 Å². The summed E-state index contributed by atoms with van der Waals surface area (Å²) >= 11 is 4.02. The molecule has 1 saturated heterocycles. The normalized spacial score (nSPS) is 28.2. The molecule has 13 heavy (non-hydrogen) atoms. The van der Waals surface area contributed by atoms with Crippen molar-refractivity contribution in [3.63, 3.8) is 0 Å². The van der Waals surface area contributed by atoms with Crippen LogP contribution >= 0.6 is 23.5 Å².